The minimum Gasteiger partial charge on any atom is -0.346 e. The van der Waals surface area contributed by atoms with Crippen molar-refractivity contribution in [3.63, 3.8) is 0 Å². The third kappa shape index (κ3) is 6.13. The summed E-state index contributed by atoms with van der Waals surface area (Å²) in [5.41, 5.74) is 3.61. The van der Waals surface area contributed by atoms with Gasteiger partial charge in [-0.3, -0.25) is 9.59 Å². The van der Waals surface area contributed by atoms with E-state index in [0.29, 0.717) is 17.4 Å². The van der Waals surface area contributed by atoms with Crippen molar-refractivity contribution in [2.75, 3.05) is 0 Å². The molecule has 1 aromatic heterocycles. The first-order chi connectivity index (χ1) is 17.3. The Balaban J connectivity index is 1.56. The number of rotatable bonds is 9. The van der Waals surface area contributed by atoms with Crippen LogP contribution in [0.25, 0.3) is 11.0 Å². The third-order valence-corrected chi connectivity index (χ3v) is 6.41. The molecule has 186 valence electrons. The van der Waals surface area contributed by atoms with E-state index in [2.05, 4.69) is 5.32 Å². The largest absolute Gasteiger partial charge is 0.346 e. The van der Waals surface area contributed by atoms with Gasteiger partial charge in [0.05, 0.1) is 23.5 Å². The van der Waals surface area contributed by atoms with Gasteiger partial charge in [-0.05, 0) is 56.2 Å². The number of imidazole rings is 1. The molecule has 0 saturated carbocycles. The van der Waals surface area contributed by atoms with Gasteiger partial charge < -0.3 is 14.8 Å². The lowest BCUT2D eigenvalue weighted by atomic mass is 10.1. The van der Waals surface area contributed by atoms with Gasteiger partial charge in [0, 0.05) is 17.6 Å². The predicted molar refractivity (Wildman–Crippen MR) is 144 cm³/mol. The number of amides is 2. The normalized spacial score (nSPS) is 12.0. The smallest absolute Gasteiger partial charge is 0.243 e. The first kappa shape index (κ1) is 25.5. The fourth-order valence-corrected chi connectivity index (χ4v) is 4.43. The third-order valence-electron chi connectivity index (χ3n) is 6.16. The van der Waals surface area contributed by atoms with Crippen molar-refractivity contribution < 1.29 is 9.59 Å². The number of fused-ring (bicyclic) bond motifs is 1. The quantitative estimate of drug-likeness (QED) is 0.326. The summed E-state index contributed by atoms with van der Waals surface area (Å²) < 4.78 is 1.92. The molecule has 0 aliphatic rings. The molecule has 0 aliphatic carbocycles. The van der Waals surface area contributed by atoms with Crippen LogP contribution in [0.2, 0.25) is 5.02 Å². The van der Waals surface area contributed by atoms with Gasteiger partial charge in [-0.1, -0.05) is 66.2 Å². The summed E-state index contributed by atoms with van der Waals surface area (Å²) in [6.07, 6.45) is 0.235. The van der Waals surface area contributed by atoms with Gasteiger partial charge in [0.2, 0.25) is 11.8 Å². The molecule has 1 atom stereocenters. The summed E-state index contributed by atoms with van der Waals surface area (Å²) in [7, 11) is 0. The number of para-hydroxylation sites is 2. The lowest BCUT2D eigenvalue weighted by Crippen LogP contribution is -2.39. The number of halogens is 1. The summed E-state index contributed by atoms with van der Waals surface area (Å²) in [6.45, 7) is 6.61. The van der Waals surface area contributed by atoms with Crippen LogP contribution in [0.3, 0.4) is 0 Å². The van der Waals surface area contributed by atoms with Crippen molar-refractivity contribution in [1.29, 1.82) is 0 Å². The maximum absolute atomic E-state index is 13.5. The van der Waals surface area contributed by atoms with E-state index in [1.807, 2.05) is 97.0 Å². The average molecular weight is 503 g/mol. The van der Waals surface area contributed by atoms with Crippen LogP contribution in [-0.4, -0.2) is 32.3 Å². The van der Waals surface area contributed by atoms with E-state index in [4.69, 9.17) is 16.6 Å². The van der Waals surface area contributed by atoms with E-state index in [-0.39, 0.29) is 36.9 Å². The minimum atomic E-state index is -0.383. The van der Waals surface area contributed by atoms with Crippen LogP contribution in [0.15, 0.2) is 78.9 Å². The van der Waals surface area contributed by atoms with Crippen molar-refractivity contribution in [2.24, 2.45) is 0 Å². The van der Waals surface area contributed by atoms with E-state index < -0.39 is 0 Å². The Kier molecular flexibility index (Phi) is 8.06. The first-order valence-corrected chi connectivity index (χ1v) is 12.5. The monoisotopic (exact) mass is 502 g/mol. The van der Waals surface area contributed by atoms with Crippen LogP contribution in [-0.2, 0) is 29.1 Å². The molecule has 0 radical (unpaired) electrons. The first-order valence-electron chi connectivity index (χ1n) is 12.1. The van der Waals surface area contributed by atoms with Crippen LogP contribution in [0, 0.1) is 0 Å². The number of aromatic nitrogens is 2. The molecule has 6 nitrogen and oxygen atoms in total. The Morgan fingerprint density at radius 3 is 2.28 bits per heavy atom. The fraction of sp³-hybridized carbons (Fsp3) is 0.276. The van der Waals surface area contributed by atoms with Crippen molar-refractivity contribution in [1.82, 2.24) is 19.8 Å². The van der Waals surface area contributed by atoms with Crippen molar-refractivity contribution >= 4 is 34.4 Å². The topological polar surface area (TPSA) is 67.2 Å². The molecule has 0 saturated heterocycles. The van der Waals surface area contributed by atoms with E-state index in [1.54, 1.807) is 12.1 Å². The van der Waals surface area contributed by atoms with E-state index in [9.17, 15) is 9.59 Å². The van der Waals surface area contributed by atoms with Crippen LogP contribution in [0.5, 0.6) is 0 Å². The Morgan fingerprint density at radius 1 is 0.917 bits per heavy atom. The van der Waals surface area contributed by atoms with Crippen LogP contribution in [0.1, 0.15) is 43.8 Å². The molecule has 0 fully saturated rings. The Morgan fingerprint density at radius 2 is 1.58 bits per heavy atom. The summed E-state index contributed by atoms with van der Waals surface area (Å²) in [4.78, 5) is 33.0. The second kappa shape index (κ2) is 11.4. The van der Waals surface area contributed by atoms with Gasteiger partial charge in [0.15, 0.2) is 0 Å². The highest BCUT2D eigenvalue weighted by Crippen LogP contribution is 2.22. The molecule has 3 aromatic carbocycles. The van der Waals surface area contributed by atoms with Crippen LogP contribution >= 0.6 is 11.6 Å². The lowest BCUT2D eigenvalue weighted by molar-refractivity contribution is -0.134. The second-order valence-corrected chi connectivity index (χ2v) is 9.67. The number of nitrogens with zero attached hydrogens (tertiary/aromatic N) is 3. The Labute approximate surface area is 216 Å². The number of benzene rings is 3. The molecule has 4 rings (SSSR count). The van der Waals surface area contributed by atoms with Gasteiger partial charge in [0.1, 0.15) is 12.4 Å². The molecule has 1 heterocycles. The number of nitrogens with one attached hydrogen (secondary N) is 1. The molecule has 7 heteroatoms. The standard InChI is InChI=1S/C29H31ClN4O2/c1-20(2)33(18-23-9-5-4-6-10-23)28(36)19-34-26-12-8-7-11-25(26)32-29(34)21(3)31-27(35)17-22-13-15-24(30)16-14-22/h4-16,20-21H,17-19H2,1-3H3,(H,31,35). The highest BCUT2D eigenvalue weighted by Gasteiger charge is 2.23. The molecule has 1 unspecified atom stereocenters. The highest BCUT2D eigenvalue weighted by molar-refractivity contribution is 6.30. The molecule has 36 heavy (non-hydrogen) atoms. The molecule has 2 amide bonds. The fourth-order valence-electron chi connectivity index (χ4n) is 4.30. The van der Waals surface area contributed by atoms with Gasteiger partial charge in [-0.2, -0.15) is 0 Å². The zero-order chi connectivity index (χ0) is 25.7. The minimum absolute atomic E-state index is 0.00190. The maximum atomic E-state index is 13.5. The molecular weight excluding hydrogens is 472 g/mol. The van der Waals surface area contributed by atoms with E-state index in [0.717, 1.165) is 22.2 Å². The van der Waals surface area contributed by atoms with Crippen LogP contribution in [0.4, 0.5) is 0 Å². The molecule has 4 aromatic rings. The highest BCUT2D eigenvalue weighted by atomic mass is 35.5. The summed E-state index contributed by atoms with van der Waals surface area (Å²) in [6, 6.07) is 24.6. The van der Waals surface area contributed by atoms with E-state index in [1.165, 1.54) is 0 Å². The van der Waals surface area contributed by atoms with Crippen LogP contribution < -0.4 is 5.32 Å². The number of hydrogen-bond acceptors (Lipinski definition) is 3. The van der Waals surface area contributed by atoms with E-state index >= 15 is 0 Å². The number of carbonyl (C=O) groups excluding carboxylic acids is 2. The average Bonchev–Trinajstić information content (AvgIpc) is 3.23. The molecule has 0 bridgehead atoms. The zero-order valence-corrected chi connectivity index (χ0v) is 21.6. The van der Waals surface area contributed by atoms with Crippen molar-refractivity contribution in [3.05, 3.63) is 101 Å². The number of hydrogen-bond donors (Lipinski definition) is 1. The van der Waals surface area contributed by atoms with Crippen molar-refractivity contribution in [2.45, 2.75) is 52.4 Å². The second-order valence-electron chi connectivity index (χ2n) is 9.24. The zero-order valence-electron chi connectivity index (χ0n) is 20.8. The Hall–Kier alpha value is -3.64. The molecule has 0 aliphatic heterocycles. The van der Waals surface area contributed by atoms with Gasteiger partial charge in [-0.15, -0.1) is 0 Å². The SMILES string of the molecule is CC(NC(=O)Cc1ccc(Cl)cc1)c1nc2ccccc2n1CC(=O)N(Cc1ccccc1)C(C)C. The summed E-state index contributed by atoms with van der Waals surface area (Å²) >= 11 is 5.95. The predicted octanol–water partition coefficient (Wildman–Crippen LogP) is 5.55. The van der Waals surface area contributed by atoms with Gasteiger partial charge >= 0.3 is 0 Å². The summed E-state index contributed by atoms with van der Waals surface area (Å²) in [5.74, 6) is 0.526. The molecule has 0 spiro atoms. The maximum Gasteiger partial charge on any atom is 0.243 e. The van der Waals surface area contributed by atoms with Gasteiger partial charge in [0.25, 0.3) is 0 Å². The number of carbonyl (C=O) groups is 2. The Bertz CT molecular complexity index is 1330. The lowest BCUT2D eigenvalue weighted by Gasteiger charge is -2.28. The molecule has 1 N–H and O–H groups in total. The van der Waals surface area contributed by atoms with Crippen molar-refractivity contribution in [3.8, 4) is 0 Å². The summed E-state index contributed by atoms with van der Waals surface area (Å²) in [5, 5.41) is 3.68. The molecular formula is C29H31ClN4O2. The van der Waals surface area contributed by atoms with Gasteiger partial charge in [-0.25, -0.2) is 4.98 Å².